The number of urea groups is 1. The van der Waals surface area contributed by atoms with Gasteiger partial charge in [0, 0.05) is 16.3 Å². The van der Waals surface area contributed by atoms with Crippen LogP contribution >= 0.6 is 11.6 Å². The number of hydrogen-bond donors (Lipinski definition) is 3. The Hall–Kier alpha value is -3.84. The minimum Gasteiger partial charge on any atom is -0.452 e. The molecule has 0 heterocycles. The van der Waals surface area contributed by atoms with Crippen LogP contribution < -0.4 is 16.4 Å². The van der Waals surface area contributed by atoms with Crippen molar-refractivity contribution in [2.24, 2.45) is 5.73 Å². The normalized spacial score (nSPS) is 12.3. The zero-order valence-electron chi connectivity index (χ0n) is 18.0. The van der Waals surface area contributed by atoms with Crippen LogP contribution in [0.4, 0.5) is 10.5 Å². The van der Waals surface area contributed by atoms with Gasteiger partial charge in [0.15, 0.2) is 6.10 Å². The highest BCUT2D eigenvalue weighted by molar-refractivity contribution is 6.30. The van der Waals surface area contributed by atoms with Crippen molar-refractivity contribution >= 4 is 35.2 Å². The Morgan fingerprint density at radius 1 is 0.939 bits per heavy atom. The summed E-state index contributed by atoms with van der Waals surface area (Å²) in [5, 5.41) is 5.84. The molecule has 2 atom stereocenters. The van der Waals surface area contributed by atoms with Crippen molar-refractivity contribution < 1.29 is 19.1 Å². The zero-order chi connectivity index (χ0) is 23.8. The molecule has 0 saturated carbocycles. The monoisotopic (exact) mass is 465 g/mol. The van der Waals surface area contributed by atoms with Gasteiger partial charge in [-0.3, -0.25) is 9.59 Å². The van der Waals surface area contributed by atoms with Gasteiger partial charge in [0.05, 0.1) is 12.5 Å². The fraction of sp³-hybridized carbons (Fsp3) is 0.160. The van der Waals surface area contributed by atoms with Crippen molar-refractivity contribution in [1.29, 1.82) is 0 Å². The Balaban J connectivity index is 1.65. The fourth-order valence-corrected chi connectivity index (χ4v) is 3.41. The van der Waals surface area contributed by atoms with E-state index in [-0.39, 0.29) is 6.42 Å². The number of rotatable bonds is 8. The molecular formula is C25H24ClN3O4. The quantitative estimate of drug-likeness (QED) is 0.419. The second-order valence-corrected chi connectivity index (χ2v) is 7.79. The smallest absolute Gasteiger partial charge is 0.312 e. The maximum absolute atomic E-state index is 12.7. The van der Waals surface area contributed by atoms with Gasteiger partial charge in [-0.05, 0) is 36.2 Å². The van der Waals surface area contributed by atoms with E-state index < -0.39 is 30.1 Å². The Morgan fingerprint density at radius 3 is 2.24 bits per heavy atom. The van der Waals surface area contributed by atoms with Gasteiger partial charge in [0.2, 0.25) is 0 Å². The van der Waals surface area contributed by atoms with Crippen molar-refractivity contribution in [2.75, 3.05) is 5.32 Å². The van der Waals surface area contributed by atoms with Crippen LogP contribution in [0.5, 0.6) is 0 Å². The number of amides is 3. The van der Waals surface area contributed by atoms with Gasteiger partial charge in [-0.25, -0.2) is 4.79 Å². The maximum atomic E-state index is 12.7. The van der Waals surface area contributed by atoms with E-state index in [0.29, 0.717) is 16.3 Å². The van der Waals surface area contributed by atoms with Crippen LogP contribution in [0.25, 0.3) is 11.1 Å². The Bertz CT molecular complexity index is 1120. The molecule has 0 bridgehead atoms. The van der Waals surface area contributed by atoms with E-state index >= 15 is 0 Å². The molecule has 3 amide bonds. The number of hydrogen-bond acceptors (Lipinski definition) is 4. The third-order valence-electron chi connectivity index (χ3n) is 4.91. The SMILES string of the molecule is CC(OC(=O)CC(NC(N)=O)c1ccc(Cl)cc1)C(=O)Nc1ccccc1-c1ccccc1. The molecule has 0 aliphatic carbocycles. The molecule has 170 valence electrons. The second-order valence-electron chi connectivity index (χ2n) is 7.35. The number of carbonyl (C=O) groups is 3. The standard InChI is InChI=1S/C25H24ClN3O4/c1-16(24(31)28-21-10-6-5-9-20(21)17-7-3-2-4-8-17)33-23(30)15-22(29-25(27)32)18-11-13-19(26)14-12-18/h2-14,16,22H,15H2,1H3,(H,28,31)(H3,27,29,32). The Kier molecular flexibility index (Phi) is 8.05. The first-order valence-corrected chi connectivity index (χ1v) is 10.7. The molecule has 0 aliphatic heterocycles. The number of ether oxygens (including phenoxy) is 1. The van der Waals surface area contributed by atoms with Crippen LogP contribution in [0, 0.1) is 0 Å². The molecule has 3 aromatic carbocycles. The molecule has 0 radical (unpaired) electrons. The van der Waals surface area contributed by atoms with Gasteiger partial charge in [-0.15, -0.1) is 0 Å². The molecule has 0 aliphatic rings. The van der Waals surface area contributed by atoms with Crippen molar-refractivity contribution in [3.05, 3.63) is 89.4 Å². The summed E-state index contributed by atoms with van der Waals surface area (Å²) in [6.07, 6.45) is -1.26. The van der Waals surface area contributed by atoms with E-state index in [9.17, 15) is 14.4 Å². The average molecular weight is 466 g/mol. The summed E-state index contributed by atoms with van der Waals surface area (Å²) in [6, 6.07) is 22.1. The lowest BCUT2D eigenvalue weighted by Crippen LogP contribution is -2.36. The lowest BCUT2D eigenvalue weighted by Gasteiger charge is -2.19. The summed E-state index contributed by atoms with van der Waals surface area (Å²) < 4.78 is 5.32. The number of nitrogens with two attached hydrogens (primary N) is 1. The predicted molar refractivity (Wildman–Crippen MR) is 128 cm³/mol. The molecule has 4 N–H and O–H groups in total. The van der Waals surface area contributed by atoms with Crippen molar-refractivity contribution in [2.45, 2.75) is 25.5 Å². The van der Waals surface area contributed by atoms with Crippen LogP contribution in [0.2, 0.25) is 5.02 Å². The molecule has 0 fully saturated rings. The molecule has 0 aromatic heterocycles. The van der Waals surface area contributed by atoms with E-state index in [0.717, 1.165) is 11.1 Å². The van der Waals surface area contributed by atoms with Crippen LogP contribution in [0.15, 0.2) is 78.9 Å². The fourth-order valence-electron chi connectivity index (χ4n) is 3.28. The number of para-hydroxylation sites is 1. The number of benzene rings is 3. The van der Waals surface area contributed by atoms with E-state index in [2.05, 4.69) is 10.6 Å². The number of primary amides is 1. The number of esters is 1. The van der Waals surface area contributed by atoms with E-state index in [1.165, 1.54) is 6.92 Å². The molecule has 2 unspecified atom stereocenters. The highest BCUT2D eigenvalue weighted by Crippen LogP contribution is 2.28. The van der Waals surface area contributed by atoms with Gasteiger partial charge < -0.3 is 21.1 Å². The number of anilines is 1. The molecule has 3 rings (SSSR count). The minimum atomic E-state index is -1.05. The van der Waals surface area contributed by atoms with E-state index in [1.807, 2.05) is 48.5 Å². The van der Waals surface area contributed by atoms with Crippen molar-refractivity contribution in [1.82, 2.24) is 5.32 Å². The molecular weight excluding hydrogens is 442 g/mol. The lowest BCUT2D eigenvalue weighted by atomic mass is 10.0. The molecule has 0 saturated heterocycles. The predicted octanol–water partition coefficient (Wildman–Crippen LogP) is 4.68. The van der Waals surface area contributed by atoms with E-state index in [4.69, 9.17) is 22.1 Å². The van der Waals surface area contributed by atoms with Crippen LogP contribution in [-0.4, -0.2) is 24.0 Å². The molecule has 3 aromatic rings. The third kappa shape index (κ3) is 6.82. The summed E-state index contributed by atoms with van der Waals surface area (Å²) in [5.74, 6) is -1.14. The first-order chi connectivity index (χ1) is 15.8. The van der Waals surface area contributed by atoms with Crippen molar-refractivity contribution in [3.8, 4) is 11.1 Å². The molecule has 0 spiro atoms. The molecule has 33 heavy (non-hydrogen) atoms. The summed E-state index contributed by atoms with van der Waals surface area (Å²) >= 11 is 5.90. The summed E-state index contributed by atoms with van der Waals surface area (Å²) in [6.45, 7) is 1.48. The van der Waals surface area contributed by atoms with Gasteiger partial charge in [-0.1, -0.05) is 72.3 Å². The van der Waals surface area contributed by atoms with Gasteiger partial charge in [0.25, 0.3) is 5.91 Å². The third-order valence-corrected chi connectivity index (χ3v) is 5.16. The summed E-state index contributed by atoms with van der Waals surface area (Å²) in [4.78, 5) is 36.6. The first-order valence-electron chi connectivity index (χ1n) is 10.3. The zero-order valence-corrected chi connectivity index (χ0v) is 18.7. The van der Waals surface area contributed by atoms with Gasteiger partial charge in [0.1, 0.15) is 0 Å². The average Bonchev–Trinajstić information content (AvgIpc) is 2.79. The number of halogens is 1. The summed E-state index contributed by atoms with van der Waals surface area (Å²) in [5.41, 5.74) is 8.26. The highest BCUT2D eigenvalue weighted by Gasteiger charge is 2.23. The topological polar surface area (TPSA) is 111 Å². The first kappa shape index (κ1) is 23.8. The van der Waals surface area contributed by atoms with Gasteiger partial charge >= 0.3 is 12.0 Å². The largest absolute Gasteiger partial charge is 0.452 e. The number of nitrogens with one attached hydrogen (secondary N) is 2. The van der Waals surface area contributed by atoms with Gasteiger partial charge in [-0.2, -0.15) is 0 Å². The summed E-state index contributed by atoms with van der Waals surface area (Å²) in [7, 11) is 0. The van der Waals surface area contributed by atoms with E-state index in [1.54, 1.807) is 30.3 Å². The highest BCUT2D eigenvalue weighted by atomic mass is 35.5. The molecule has 7 nitrogen and oxygen atoms in total. The Labute approximate surface area is 196 Å². The second kappa shape index (κ2) is 11.2. The lowest BCUT2D eigenvalue weighted by molar-refractivity contribution is -0.153. The van der Waals surface area contributed by atoms with Crippen LogP contribution in [0.1, 0.15) is 24.9 Å². The Morgan fingerprint density at radius 2 is 1.58 bits per heavy atom. The minimum absolute atomic E-state index is 0.206. The molecule has 8 heteroatoms. The number of carbonyl (C=O) groups excluding carboxylic acids is 3. The van der Waals surface area contributed by atoms with Crippen LogP contribution in [-0.2, 0) is 14.3 Å². The maximum Gasteiger partial charge on any atom is 0.312 e. The van der Waals surface area contributed by atoms with Crippen LogP contribution in [0.3, 0.4) is 0 Å². The van der Waals surface area contributed by atoms with Crippen molar-refractivity contribution in [3.63, 3.8) is 0 Å².